The molecule has 164 valence electrons. The van der Waals surface area contributed by atoms with E-state index in [1.807, 2.05) is 46.0 Å². The van der Waals surface area contributed by atoms with Crippen molar-refractivity contribution < 1.29 is 19.4 Å². The molecule has 0 bridgehead atoms. The Hall–Kier alpha value is -3.72. The number of nitrogens with zero attached hydrogens (tertiary/aromatic N) is 3. The van der Waals surface area contributed by atoms with Crippen LogP contribution in [0.5, 0.6) is 0 Å². The minimum Gasteiger partial charge on any atom is -0.478 e. The molecule has 9 heteroatoms. The smallest absolute Gasteiger partial charge is 0.335 e. The molecule has 0 spiro atoms. The van der Waals surface area contributed by atoms with Crippen LogP contribution in [0.2, 0.25) is 0 Å². The summed E-state index contributed by atoms with van der Waals surface area (Å²) in [5.74, 6) is -1.29. The number of hydrogen-bond acceptors (Lipinski definition) is 5. The lowest BCUT2D eigenvalue weighted by Crippen LogP contribution is -2.32. The van der Waals surface area contributed by atoms with Gasteiger partial charge in [0.25, 0.3) is 0 Å². The number of carbonyl (C=O) groups excluding carboxylic acids is 1. The van der Waals surface area contributed by atoms with E-state index in [-0.39, 0.29) is 30.0 Å². The molecule has 0 aliphatic carbocycles. The number of aromatic carboxylic acids is 1. The topological polar surface area (TPSA) is 96.7 Å². The van der Waals surface area contributed by atoms with Crippen LogP contribution in [0.4, 0.5) is 0 Å². The number of carbonyl (C=O) groups is 2. The highest BCUT2D eigenvalue weighted by Gasteiger charge is 2.41. The molecule has 32 heavy (non-hydrogen) atoms. The van der Waals surface area contributed by atoms with Crippen molar-refractivity contribution in [2.75, 3.05) is 13.7 Å². The molecule has 2 aromatic heterocycles. The summed E-state index contributed by atoms with van der Waals surface area (Å²) >= 11 is 5.62. The lowest BCUT2D eigenvalue weighted by atomic mass is 10.0. The molecule has 3 heterocycles. The molecule has 8 nitrogen and oxygen atoms in total. The molecular formula is C23H22N4O4S. The summed E-state index contributed by atoms with van der Waals surface area (Å²) < 4.78 is 6.80. The maximum absolute atomic E-state index is 11.8. The number of carboxylic acid groups (broad SMARTS) is 1. The Labute approximate surface area is 190 Å². The zero-order valence-electron chi connectivity index (χ0n) is 17.3. The van der Waals surface area contributed by atoms with Gasteiger partial charge in [0.15, 0.2) is 5.11 Å². The van der Waals surface area contributed by atoms with Gasteiger partial charge in [-0.05, 0) is 60.7 Å². The van der Waals surface area contributed by atoms with E-state index >= 15 is 0 Å². The number of rotatable bonds is 7. The van der Waals surface area contributed by atoms with Gasteiger partial charge in [-0.3, -0.25) is 9.78 Å². The molecular weight excluding hydrogens is 428 g/mol. The van der Waals surface area contributed by atoms with Crippen LogP contribution in [0.3, 0.4) is 0 Å². The second kappa shape index (κ2) is 9.19. The average Bonchev–Trinajstić information content (AvgIpc) is 3.42. The SMILES string of the molecule is COC(=O)CCN1C(=S)NC(c2ccccn2)C1c1cccn1-c1ccc(C(=O)O)cc1. The highest BCUT2D eigenvalue weighted by molar-refractivity contribution is 7.80. The van der Waals surface area contributed by atoms with Crippen LogP contribution in [0.25, 0.3) is 5.69 Å². The predicted molar refractivity (Wildman–Crippen MR) is 122 cm³/mol. The molecule has 1 aliphatic heterocycles. The first-order chi connectivity index (χ1) is 15.5. The Morgan fingerprint density at radius 1 is 1.16 bits per heavy atom. The second-order valence-electron chi connectivity index (χ2n) is 7.30. The van der Waals surface area contributed by atoms with Gasteiger partial charge in [-0.2, -0.15) is 0 Å². The van der Waals surface area contributed by atoms with Gasteiger partial charge in [0.05, 0.1) is 36.9 Å². The van der Waals surface area contributed by atoms with Crippen LogP contribution < -0.4 is 5.32 Å². The van der Waals surface area contributed by atoms with E-state index in [1.54, 1.807) is 30.5 Å². The minimum absolute atomic E-state index is 0.192. The number of esters is 1. The third-order valence-electron chi connectivity index (χ3n) is 5.46. The lowest BCUT2D eigenvalue weighted by Gasteiger charge is -2.28. The van der Waals surface area contributed by atoms with Crippen LogP contribution in [-0.4, -0.2) is 50.3 Å². The summed E-state index contributed by atoms with van der Waals surface area (Å²) in [5, 5.41) is 13.1. The van der Waals surface area contributed by atoms with E-state index < -0.39 is 5.97 Å². The minimum atomic E-state index is -0.973. The first-order valence-corrected chi connectivity index (χ1v) is 10.5. The zero-order valence-corrected chi connectivity index (χ0v) is 18.2. The molecule has 2 N–H and O–H groups in total. The van der Waals surface area contributed by atoms with Gasteiger partial charge < -0.3 is 24.6 Å². The Kier molecular flexibility index (Phi) is 6.18. The third-order valence-corrected chi connectivity index (χ3v) is 5.81. The van der Waals surface area contributed by atoms with Gasteiger partial charge in [-0.25, -0.2) is 4.79 Å². The number of carboxylic acids is 1. The van der Waals surface area contributed by atoms with Gasteiger partial charge in [-0.1, -0.05) is 6.07 Å². The van der Waals surface area contributed by atoms with E-state index in [1.165, 1.54) is 7.11 Å². The summed E-state index contributed by atoms with van der Waals surface area (Å²) in [4.78, 5) is 29.5. The maximum Gasteiger partial charge on any atom is 0.335 e. The van der Waals surface area contributed by atoms with Crippen molar-refractivity contribution in [3.05, 3.63) is 83.9 Å². The standard InChI is InChI=1S/C23H22N4O4S/c1-31-19(28)11-14-27-21(20(25-23(27)32)17-5-2-3-12-24-17)18-6-4-13-26(18)16-9-7-15(8-10-16)22(29)30/h2-10,12-13,20-21H,11,14H2,1H3,(H,25,32)(H,29,30). The van der Waals surface area contributed by atoms with E-state index in [0.717, 1.165) is 17.1 Å². The highest BCUT2D eigenvalue weighted by atomic mass is 32.1. The quantitative estimate of drug-likeness (QED) is 0.419. The normalized spacial score (nSPS) is 17.8. The highest BCUT2D eigenvalue weighted by Crippen LogP contribution is 2.39. The van der Waals surface area contributed by atoms with Crippen LogP contribution in [0.1, 0.15) is 40.3 Å². The first-order valence-electron chi connectivity index (χ1n) is 10.1. The molecule has 1 aliphatic rings. The number of pyridine rings is 1. The van der Waals surface area contributed by atoms with E-state index in [9.17, 15) is 14.7 Å². The molecule has 2 unspecified atom stereocenters. The van der Waals surface area contributed by atoms with Crippen molar-refractivity contribution in [2.24, 2.45) is 0 Å². The molecule has 1 fully saturated rings. The van der Waals surface area contributed by atoms with Crippen molar-refractivity contribution in [3.8, 4) is 5.69 Å². The van der Waals surface area contributed by atoms with Crippen molar-refractivity contribution in [1.82, 2.24) is 19.8 Å². The Bertz CT molecular complexity index is 1130. The fourth-order valence-corrected chi connectivity index (χ4v) is 4.25. The summed E-state index contributed by atoms with van der Waals surface area (Å²) in [5.41, 5.74) is 2.80. The maximum atomic E-state index is 11.8. The number of aromatic nitrogens is 2. The van der Waals surface area contributed by atoms with Gasteiger partial charge in [0.2, 0.25) is 0 Å². The first kappa shape index (κ1) is 21.5. The fraction of sp³-hybridized carbons (Fsp3) is 0.217. The summed E-state index contributed by atoms with van der Waals surface area (Å²) in [7, 11) is 1.36. The summed E-state index contributed by atoms with van der Waals surface area (Å²) in [6.45, 7) is 0.385. The molecule has 0 radical (unpaired) electrons. The number of hydrogen-bond donors (Lipinski definition) is 2. The van der Waals surface area contributed by atoms with Crippen LogP contribution in [0.15, 0.2) is 67.0 Å². The number of benzene rings is 1. The van der Waals surface area contributed by atoms with Crippen molar-refractivity contribution in [1.29, 1.82) is 0 Å². The van der Waals surface area contributed by atoms with Crippen LogP contribution >= 0.6 is 12.2 Å². The second-order valence-corrected chi connectivity index (χ2v) is 7.69. The summed E-state index contributed by atoms with van der Waals surface area (Å²) in [6, 6.07) is 15.8. The predicted octanol–water partition coefficient (Wildman–Crippen LogP) is 3.11. The molecule has 0 amide bonds. The monoisotopic (exact) mass is 450 g/mol. The van der Waals surface area contributed by atoms with Crippen molar-refractivity contribution in [2.45, 2.75) is 18.5 Å². The molecule has 4 rings (SSSR count). The molecule has 1 saturated heterocycles. The van der Waals surface area contributed by atoms with Gasteiger partial charge in [0.1, 0.15) is 0 Å². The molecule has 1 aromatic carbocycles. The van der Waals surface area contributed by atoms with Crippen LogP contribution in [-0.2, 0) is 9.53 Å². The molecule has 0 saturated carbocycles. The third kappa shape index (κ3) is 4.19. The number of methoxy groups -OCH3 is 1. The van der Waals surface area contributed by atoms with Gasteiger partial charge >= 0.3 is 11.9 Å². The molecule has 3 aromatic rings. The van der Waals surface area contributed by atoms with Crippen LogP contribution in [0, 0.1) is 0 Å². The molecule has 2 atom stereocenters. The Morgan fingerprint density at radius 3 is 2.59 bits per heavy atom. The van der Waals surface area contributed by atoms with Gasteiger partial charge in [0, 0.05) is 30.3 Å². The zero-order chi connectivity index (χ0) is 22.7. The van der Waals surface area contributed by atoms with Gasteiger partial charge in [-0.15, -0.1) is 0 Å². The van der Waals surface area contributed by atoms with Crippen molar-refractivity contribution in [3.63, 3.8) is 0 Å². The van der Waals surface area contributed by atoms with E-state index in [2.05, 4.69) is 10.3 Å². The number of nitrogens with one attached hydrogen (secondary N) is 1. The largest absolute Gasteiger partial charge is 0.478 e. The number of thiocarbonyl (C=S) groups is 1. The fourth-order valence-electron chi connectivity index (χ4n) is 3.92. The van der Waals surface area contributed by atoms with E-state index in [4.69, 9.17) is 17.0 Å². The van der Waals surface area contributed by atoms with E-state index in [0.29, 0.717) is 11.7 Å². The Morgan fingerprint density at radius 2 is 1.94 bits per heavy atom. The van der Waals surface area contributed by atoms with Crippen molar-refractivity contribution >= 4 is 29.3 Å². The summed E-state index contributed by atoms with van der Waals surface area (Å²) in [6.07, 6.45) is 3.84. The number of ether oxygens (including phenoxy) is 1. The lowest BCUT2D eigenvalue weighted by molar-refractivity contribution is -0.140. The Balaban J connectivity index is 1.74. The average molecular weight is 451 g/mol.